The van der Waals surface area contributed by atoms with Crippen LogP contribution in [0.1, 0.15) is 30.0 Å². The quantitative estimate of drug-likeness (QED) is 0.631. The number of nitrogens with zero attached hydrogens (tertiary/aromatic N) is 2. The molecule has 21 heavy (non-hydrogen) atoms. The Morgan fingerprint density at radius 1 is 1.33 bits per heavy atom. The average molecular weight is 304 g/mol. The van der Waals surface area contributed by atoms with Crippen LogP contribution in [0.15, 0.2) is 29.4 Å². The van der Waals surface area contributed by atoms with Crippen LogP contribution >= 0.6 is 11.8 Å². The summed E-state index contributed by atoms with van der Waals surface area (Å²) in [5.74, 6) is 0.698. The van der Waals surface area contributed by atoms with Gasteiger partial charge in [-0.15, -0.1) is 5.10 Å². The number of carbonyl (C=O) groups excluding carboxylic acids is 2. The topological polar surface area (TPSA) is 87.7 Å². The van der Waals surface area contributed by atoms with Crippen LogP contribution < -0.4 is 5.32 Å². The van der Waals surface area contributed by atoms with Gasteiger partial charge in [0, 0.05) is 12.0 Å². The fraction of sp³-hybridized carbons (Fsp3) is 0.286. The van der Waals surface area contributed by atoms with E-state index in [0.717, 1.165) is 12.2 Å². The Balaban J connectivity index is 1.94. The number of benzene rings is 1. The predicted molar refractivity (Wildman–Crippen MR) is 81.6 cm³/mol. The van der Waals surface area contributed by atoms with Crippen molar-refractivity contribution in [1.29, 1.82) is 0 Å². The number of Topliss-reactive ketones (excluding diaryl/α,β-unsaturated/α-hetero) is 1. The van der Waals surface area contributed by atoms with Gasteiger partial charge in [-0.05, 0) is 19.1 Å². The van der Waals surface area contributed by atoms with Gasteiger partial charge in [-0.2, -0.15) is 0 Å². The molecule has 2 aromatic rings. The van der Waals surface area contributed by atoms with Crippen LogP contribution in [-0.2, 0) is 11.2 Å². The number of carbonyl (C=O) groups is 2. The molecule has 110 valence electrons. The zero-order valence-corrected chi connectivity index (χ0v) is 12.7. The number of H-pyrrole nitrogens is 1. The van der Waals surface area contributed by atoms with Crippen molar-refractivity contribution < 1.29 is 9.59 Å². The van der Waals surface area contributed by atoms with E-state index in [9.17, 15) is 9.59 Å². The third-order valence-corrected chi connectivity index (χ3v) is 3.61. The van der Waals surface area contributed by atoms with Gasteiger partial charge in [0.2, 0.25) is 11.1 Å². The smallest absolute Gasteiger partial charge is 0.234 e. The minimum absolute atomic E-state index is 0.0832. The Morgan fingerprint density at radius 3 is 2.76 bits per heavy atom. The molecule has 2 rings (SSSR count). The second-order valence-electron chi connectivity index (χ2n) is 4.36. The lowest BCUT2D eigenvalue weighted by Gasteiger charge is -2.08. The maximum absolute atomic E-state index is 11.9. The normalized spacial score (nSPS) is 10.4. The van der Waals surface area contributed by atoms with Gasteiger partial charge in [-0.3, -0.25) is 14.7 Å². The van der Waals surface area contributed by atoms with Crippen LogP contribution in [0.2, 0.25) is 0 Å². The molecule has 0 atom stereocenters. The summed E-state index contributed by atoms with van der Waals surface area (Å²) in [6, 6.07) is 6.94. The van der Waals surface area contributed by atoms with Crippen LogP contribution in [0.3, 0.4) is 0 Å². The highest BCUT2D eigenvalue weighted by Crippen LogP contribution is 2.17. The van der Waals surface area contributed by atoms with Gasteiger partial charge in [-0.1, -0.05) is 30.8 Å². The Labute approximate surface area is 126 Å². The van der Waals surface area contributed by atoms with Crippen molar-refractivity contribution in [2.45, 2.75) is 25.4 Å². The number of para-hydroxylation sites is 1. The molecule has 0 unspecified atom stereocenters. The molecule has 0 spiro atoms. The zero-order chi connectivity index (χ0) is 15.2. The number of nitrogens with one attached hydrogen (secondary N) is 2. The van der Waals surface area contributed by atoms with E-state index < -0.39 is 0 Å². The average Bonchev–Trinajstić information content (AvgIpc) is 2.93. The monoisotopic (exact) mass is 304 g/mol. The first-order valence-electron chi connectivity index (χ1n) is 6.54. The number of hydrogen-bond donors (Lipinski definition) is 2. The summed E-state index contributed by atoms with van der Waals surface area (Å²) in [4.78, 5) is 27.6. The minimum Gasteiger partial charge on any atom is -0.325 e. The third-order valence-electron chi connectivity index (χ3n) is 2.76. The predicted octanol–water partition coefficient (Wildman–Crippen LogP) is 2.30. The number of ketones is 1. The van der Waals surface area contributed by atoms with Crippen molar-refractivity contribution in [1.82, 2.24) is 15.2 Å². The van der Waals surface area contributed by atoms with Crippen LogP contribution in [-0.4, -0.2) is 32.6 Å². The van der Waals surface area contributed by atoms with E-state index in [1.807, 2.05) is 6.92 Å². The third kappa shape index (κ3) is 4.16. The largest absolute Gasteiger partial charge is 0.325 e. The van der Waals surface area contributed by atoms with Crippen molar-refractivity contribution in [3.63, 3.8) is 0 Å². The molecule has 1 heterocycles. The molecular formula is C14H16N4O2S. The van der Waals surface area contributed by atoms with E-state index in [4.69, 9.17) is 0 Å². The standard InChI is InChI=1S/C14H16N4O2S/c1-3-12-16-14(18-17-12)21-8-13(20)15-11-7-5-4-6-10(11)9(2)19/h4-7H,3,8H2,1-2H3,(H,15,20)(H,16,17,18). The van der Waals surface area contributed by atoms with E-state index in [-0.39, 0.29) is 17.4 Å². The molecule has 7 heteroatoms. The number of aromatic nitrogens is 3. The summed E-state index contributed by atoms with van der Waals surface area (Å²) in [7, 11) is 0. The van der Waals surface area contributed by atoms with Crippen LogP contribution in [0, 0.1) is 0 Å². The summed E-state index contributed by atoms with van der Waals surface area (Å²) >= 11 is 1.25. The van der Waals surface area contributed by atoms with Crippen molar-refractivity contribution in [2.24, 2.45) is 0 Å². The lowest BCUT2D eigenvalue weighted by molar-refractivity contribution is -0.113. The van der Waals surface area contributed by atoms with Crippen molar-refractivity contribution in [2.75, 3.05) is 11.1 Å². The summed E-state index contributed by atoms with van der Waals surface area (Å²) in [5.41, 5.74) is 1.03. The molecule has 0 radical (unpaired) electrons. The lowest BCUT2D eigenvalue weighted by Crippen LogP contribution is -2.16. The van der Waals surface area contributed by atoms with Gasteiger partial charge < -0.3 is 5.32 Å². The summed E-state index contributed by atoms with van der Waals surface area (Å²) in [5, 5.41) is 10.1. The number of thioether (sulfide) groups is 1. The molecule has 0 saturated carbocycles. The molecule has 1 aromatic heterocycles. The molecular weight excluding hydrogens is 288 g/mol. The van der Waals surface area contributed by atoms with E-state index in [1.54, 1.807) is 24.3 Å². The van der Waals surface area contributed by atoms with Gasteiger partial charge in [0.15, 0.2) is 5.78 Å². The van der Waals surface area contributed by atoms with Gasteiger partial charge >= 0.3 is 0 Å². The van der Waals surface area contributed by atoms with E-state index in [1.165, 1.54) is 18.7 Å². The van der Waals surface area contributed by atoms with E-state index in [0.29, 0.717) is 16.4 Å². The Bertz CT molecular complexity index is 654. The highest BCUT2D eigenvalue weighted by atomic mass is 32.2. The van der Waals surface area contributed by atoms with Gasteiger partial charge in [0.05, 0.1) is 11.4 Å². The van der Waals surface area contributed by atoms with Crippen LogP contribution in [0.25, 0.3) is 0 Å². The molecule has 0 bridgehead atoms. The van der Waals surface area contributed by atoms with E-state index in [2.05, 4.69) is 20.5 Å². The highest BCUT2D eigenvalue weighted by molar-refractivity contribution is 7.99. The minimum atomic E-state index is -0.198. The first kappa shape index (κ1) is 15.2. The number of rotatable bonds is 6. The fourth-order valence-corrected chi connectivity index (χ4v) is 2.33. The van der Waals surface area contributed by atoms with Gasteiger partial charge in [0.25, 0.3) is 0 Å². The molecule has 0 fully saturated rings. The number of aryl methyl sites for hydroxylation is 1. The van der Waals surface area contributed by atoms with Crippen LogP contribution in [0.4, 0.5) is 5.69 Å². The van der Waals surface area contributed by atoms with Crippen molar-refractivity contribution in [3.05, 3.63) is 35.7 Å². The maximum Gasteiger partial charge on any atom is 0.234 e. The molecule has 0 saturated heterocycles. The number of hydrogen-bond acceptors (Lipinski definition) is 5. The SMILES string of the molecule is CCc1nc(SCC(=O)Nc2ccccc2C(C)=O)n[nH]1. The Morgan fingerprint density at radius 2 is 2.10 bits per heavy atom. The van der Waals surface area contributed by atoms with Gasteiger partial charge in [-0.25, -0.2) is 4.98 Å². The molecule has 0 aliphatic carbocycles. The molecule has 6 nitrogen and oxygen atoms in total. The highest BCUT2D eigenvalue weighted by Gasteiger charge is 2.11. The number of aromatic amines is 1. The molecule has 1 amide bonds. The first-order valence-corrected chi connectivity index (χ1v) is 7.52. The second kappa shape index (κ2) is 7.03. The van der Waals surface area contributed by atoms with E-state index >= 15 is 0 Å². The second-order valence-corrected chi connectivity index (χ2v) is 5.30. The van der Waals surface area contributed by atoms with Crippen LogP contribution in [0.5, 0.6) is 0 Å². The number of anilines is 1. The fourth-order valence-electron chi connectivity index (χ4n) is 1.72. The molecule has 0 aliphatic rings. The Kier molecular flexibility index (Phi) is 5.10. The molecule has 1 aromatic carbocycles. The molecule has 0 aliphatic heterocycles. The van der Waals surface area contributed by atoms with Crippen molar-refractivity contribution in [3.8, 4) is 0 Å². The van der Waals surface area contributed by atoms with Gasteiger partial charge in [0.1, 0.15) is 5.82 Å². The summed E-state index contributed by atoms with van der Waals surface area (Å²) < 4.78 is 0. The summed E-state index contributed by atoms with van der Waals surface area (Å²) in [6.45, 7) is 3.44. The number of amides is 1. The first-order chi connectivity index (χ1) is 10.1. The zero-order valence-electron chi connectivity index (χ0n) is 11.8. The van der Waals surface area contributed by atoms with Crippen molar-refractivity contribution >= 4 is 29.1 Å². The maximum atomic E-state index is 11.9. The summed E-state index contributed by atoms with van der Waals surface area (Å²) in [6.07, 6.45) is 0.770. The Hall–Kier alpha value is -2.15. The lowest BCUT2D eigenvalue weighted by atomic mass is 10.1. The molecule has 2 N–H and O–H groups in total.